The van der Waals surface area contributed by atoms with E-state index in [4.69, 9.17) is 4.42 Å². The van der Waals surface area contributed by atoms with Gasteiger partial charge in [0.05, 0.1) is 12.8 Å². The molecule has 1 amide bonds. The first-order valence-electron chi connectivity index (χ1n) is 8.35. The van der Waals surface area contributed by atoms with E-state index in [-0.39, 0.29) is 18.6 Å². The molecule has 0 aliphatic carbocycles. The Bertz CT molecular complexity index is 1050. The van der Waals surface area contributed by atoms with Crippen molar-refractivity contribution < 1.29 is 9.21 Å². The molecule has 3 aromatic rings. The number of nitrogens with one attached hydrogen (secondary N) is 1. The van der Waals surface area contributed by atoms with E-state index in [9.17, 15) is 14.4 Å². The van der Waals surface area contributed by atoms with Crippen molar-refractivity contribution in [1.82, 2.24) is 24.9 Å². The molecule has 0 unspecified atom stereocenters. The maximum Gasteiger partial charge on any atom is 0.267 e. The Morgan fingerprint density at radius 2 is 1.96 bits per heavy atom. The van der Waals surface area contributed by atoms with Crippen LogP contribution in [0.1, 0.15) is 13.8 Å². The fraction of sp³-hybridized carbons (Fsp3) is 0.278. The molecule has 0 aliphatic rings. The maximum absolute atomic E-state index is 12.6. The SMILES string of the molecule is CC(C)(C(=O)NCCn1ncccc1=O)n1nc(-c2ccco2)ccc1=O. The highest BCUT2D eigenvalue weighted by molar-refractivity contribution is 5.83. The van der Waals surface area contributed by atoms with Crippen molar-refractivity contribution in [3.63, 3.8) is 0 Å². The van der Waals surface area contributed by atoms with Crippen LogP contribution in [0.3, 0.4) is 0 Å². The van der Waals surface area contributed by atoms with Gasteiger partial charge in [0.2, 0.25) is 5.91 Å². The van der Waals surface area contributed by atoms with E-state index in [0.29, 0.717) is 11.5 Å². The molecule has 140 valence electrons. The Morgan fingerprint density at radius 1 is 1.15 bits per heavy atom. The number of nitrogens with zero attached hydrogens (tertiary/aromatic N) is 4. The molecule has 0 saturated carbocycles. The van der Waals surface area contributed by atoms with E-state index in [0.717, 1.165) is 4.68 Å². The predicted molar refractivity (Wildman–Crippen MR) is 97.0 cm³/mol. The first-order chi connectivity index (χ1) is 12.9. The number of furan rings is 1. The highest BCUT2D eigenvalue weighted by Crippen LogP contribution is 2.18. The largest absolute Gasteiger partial charge is 0.463 e. The van der Waals surface area contributed by atoms with Gasteiger partial charge in [0.15, 0.2) is 5.76 Å². The zero-order valence-corrected chi connectivity index (χ0v) is 15.0. The van der Waals surface area contributed by atoms with E-state index in [1.165, 1.54) is 29.3 Å². The van der Waals surface area contributed by atoms with Gasteiger partial charge in [-0.2, -0.15) is 10.2 Å². The van der Waals surface area contributed by atoms with Gasteiger partial charge in [-0.3, -0.25) is 14.4 Å². The third kappa shape index (κ3) is 3.86. The van der Waals surface area contributed by atoms with Crippen molar-refractivity contribution in [1.29, 1.82) is 0 Å². The van der Waals surface area contributed by atoms with Gasteiger partial charge in [0.1, 0.15) is 11.2 Å². The van der Waals surface area contributed by atoms with Gasteiger partial charge in [0, 0.05) is 24.9 Å². The molecule has 3 heterocycles. The van der Waals surface area contributed by atoms with E-state index in [1.54, 1.807) is 38.1 Å². The first kappa shape index (κ1) is 18.3. The molecule has 0 aromatic carbocycles. The topological polar surface area (TPSA) is 112 Å². The zero-order valence-electron chi connectivity index (χ0n) is 15.0. The number of carbonyl (C=O) groups is 1. The van der Waals surface area contributed by atoms with Crippen LogP contribution in [0, 0.1) is 0 Å². The summed E-state index contributed by atoms with van der Waals surface area (Å²) in [6.45, 7) is 3.59. The number of aromatic nitrogens is 4. The minimum absolute atomic E-state index is 0.186. The summed E-state index contributed by atoms with van der Waals surface area (Å²) in [4.78, 5) is 36.5. The van der Waals surface area contributed by atoms with E-state index < -0.39 is 17.0 Å². The Morgan fingerprint density at radius 3 is 2.67 bits per heavy atom. The lowest BCUT2D eigenvalue weighted by Gasteiger charge is -2.25. The maximum atomic E-state index is 12.6. The van der Waals surface area contributed by atoms with Gasteiger partial charge in [-0.15, -0.1) is 0 Å². The molecule has 0 saturated heterocycles. The molecule has 0 aliphatic heterocycles. The number of carbonyl (C=O) groups excluding carboxylic acids is 1. The van der Waals surface area contributed by atoms with Gasteiger partial charge < -0.3 is 9.73 Å². The molecule has 1 N–H and O–H groups in total. The summed E-state index contributed by atoms with van der Waals surface area (Å²) in [5.41, 5.74) is -1.46. The van der Waals surface area contributed by atoms with Crippen molar-refractivity contribution in [3.8, 4) is 11.5 Å². The Labute approximate surface area is 154 Å². The third-order valence-corrected chi connectivity index (χ3v) is 4.05. The van der Waals surface area contributed by atoms with Gasteiger partial charge in [-0.05, 0) is 38.1 Å². The Kier molecular flexibility index (Phi) is 5.02. The fourth-order valence-corrected chi connectivity index (χ4v) is 2.51. The molecule has 0 radical (unpaired) electrons. The van der Waals surface area contributed by atoms with Crippen molar-refractivity contribution in [2.24, 2.45) is 0 Å². The number of rotatable bonds is 6. The van der Waals surface area contributed by atoms with Gasteiger partial charge >= 0.3 is 0 Å². The summed E-state index contributed by atoms with van der Waals surface area (Å²) in [7, 11) is 0. The lowest BCUT2D eigenvalue weighted by molar-refractivity contribution is -0.129. The molecule has 0 bridgehead atoms. The van der Waals surface area contributed by atoms with Crippen LogP contribution < -0.4 is 16.4 Å². The molecule has 3 aromatic heterocycles. The molecule has 9 nitrogen and oxygen atoms in total. The normalized spacial score (nSPS) is 11.3. The lowest BCUT2D eigenvalue weighted by atomic mass is 10.0. The highest BCUT2D eigenvalue weighted by Gasteiger charge is 2.32. The molecule has 27 heavy (non-hydrogen) atoms. The van der Waals surface area contributed by atoms with Crippen LogP contribution in [0.25, 0.3) is 11.5 Å². The van der Waals surface area contributed by atoms with Gasteiger partial charge in [-0.1, -0.05) is 0 Å². The van der Waals surface area contributed by atoms with Crippen LogP contribution in [0.4, 0.5) is 0 Å². The summed E-state index contributed by atoms with van der Waals surface area (Å²) in [6, 6.07) is 9.25. The second kappa shape index (κ2) is 7.40. The number of hydrogen-bond acceptors (Lipinski definition) is 6. The van der Waals surface area contributed by atoms with Crippen LogP contribution in [0.2, 0.25) is 0 Å². The van der Waals surface area contributed by atoms with Crippen molar-refractivity contribution in [2.45, 2.75) is 25.9 Å². The molecular weight excluding hydrogens is 350 g/mol. The summed E-state index contributed by atoms with van der Waals surface area (Å²) in [5, 5.41) is 10.9. The van der Waals surface area contributed by atoms with E-state index in [1.807, 2.05) is 0 Å². The fourth-order valence-electron chi connectivity index (χ4n) is 2.51. The van der Waals surface area contributed by atoms with E-state index >= 15 is 0 Å². The zero-order chi connectivity index (χ0) is 19.4. The molecule has 9 heteroatoms. The summed E-state index contributed by atoms with van der Waals surface area (Å²) in [6.07, 6.45) is 3.00. The standard InChI is InChI=1S/C18H19N5O4/c1-18(2,17(26)19-10-11-22-15(24)6-3-9-20-22)23-16(25)8-7-13(21-23)14-5-4-12-27-14/h3-9,12H,10-11H2,1-2H3,(H,19,26). The molecule has 0 fully saturated rings. The number of amides is 1. The third-order valence-electron chi connectivity index (χ3n) is 4.05. The minimum Gasteiger partial charge on any atom is -0.463 e. The Balaban J connectivity index is 1.76. The van der Waals surface area contributed by atoms with Gasteiger partial charge in [0.25, 0.3) is 11.1 Å². The van der Waals surface area contributed by atoms with Crippen LogP contribution in [-0.4, -0.2) is 32.0 Å². The van der Waals surface area contributed by atoms with Crippen LogP contribution in [0.5, 0.6) is 0 Å². The molecule has 0 atom stereocenters. The smallest absolute Gasteiger partial charge is 0.267 e. The summed E-state index contributed by atoms with van der Waals surface area (Å²) < 4.78 is 7.66. The van der Waals surface area contributed by atoms with Crippen LogP contribution in [-0.2, 0) is 16.9 Å². The van der Waals surface area contributed by atoms with Crippen molar-refractivity contribution in [3.05, 3.63) is 69.6 Å². The molecule has 0 spiro atoms. The molecule has 3 rings (SSSR count). The quantitative estimate of drug-likeness (QED) is 0.681. The second-order valence-electron chi connectivity index (χ2n) is 6.35. The number of hydrogen-bond donors (Lipinski definition) is 1. The molecular formula is C18H19N5O4. The monoisotopic (exact) mass is 369 g/mol. The summed E-state index contributed by atoms with van der Waals surface area (Å²) in [5.74, 6) is 0.0900. The van der Waals surface area contributed by atoms with E-state index in [2.05, 4.69) is 15.5 Å². The van der Waals surface area contributed by atoms with Crippen LogP contribution in [0.15, 0.2) is 62.9 Å². The van der Waals surface area contributed by atoms with Gasteiger partial charge in [-0.25, -0.2) is 9.36 Å². The highest BCUT2D eigenvalue weighted by atomic mass is 16.3. The van der Waals surface area contributed by atoms with Crippen LogP contribution >= 0.6 is 0 Å². The first-order valence-corrected chi connectivity index (χ1v) is 8.35. The minimum atomic E-state index is -1.24. The average molecular weight is 369 g/mol. The lowest BCUT2D eigenvalue weighted by Crippen LogP contribution is -2.50. The Hall–Kier alpha value is -3.49. The van der Waals surface area contributed by atoms with Crippen molar-refractivity contribution in [2.75, 3.05) is 6.54 Å². The predicted octanol–water partition coefficient (Wildman–Crippen LogP) is 0.611. The second-order valence-corrected chi connectivity index (χ2v) is 6.35. The summed E-state index contributed by atoms with van der Waals surface area (Å²) >= 11 is 0. The van der Waals surface area contributed by atoms with Crippen molar-refractivity contribution >= 4 is 5.91 Å². The average Bonchev–Trinajstić information content (AvgIpc) is 3.18.